The zero-order valence-corrected chi connectivity index (χ0v) is 32.2. The Labute approximate surface area is 304 Å². The van der Waals surface area contributed by atoms with Crippen molar-refractivity contribution in [3.05, 3.63) is 0 Å². The Balaban J connectivity index is 1.52. The molecule has 4 rings (SSSR count). The summed E-state index contributed by atoms with van der Waals surface area (Å²) in [5.74, 6) is -1.70. The van der Waals surface area contributed by atoms with E-state index >= 15 is 0 Å². The zero-order chi connectivity index (χ0) is 37.7. The molecule has 0 radical (unpaired) electrons. The van der Waals surface area contributed by atoms with Crippen LogP contribution in [0.5, 0.6) is 0 Å². The third-order valence-corrected chi connectivity index (χ3v) is 11.9. The van der Waals surface area contributed by atoms with Crippen LogP contribution in [0, 0.1) is 34.0 Å². The van der Waals surface area contributed by atoms with Crippen molar-refractivity contribution in [3.8, 4) is 0 Å². The predicted octanol–water partition coefficient (Wildman–Crippen LogP) is 4.04. The van der Waals surface area contributed by atoms with E-state index in [0.717, 1.165) is 44.9 Å². The fourth-order valence-electron chi connectivity index (χ4n) is 8.06. The van der Waals surface area contributed by atoms with Gasteiger partial charge in [-0.1, -0.05) is 81.1 Å². The fraction of sp³-hybridized carbons (Fsp3) is 0.842. The van der Waals surface area contributed by atoms with Gasteiger partial charge < -0.3 is 36.2 Å². The topological polar surface area (TPSA) is 175 Å². The van der Waals surface area contributed by atoms with Gasteiger partial charge in [-0.3, -0.25) is 19.2 Å². The number of fused-ring (bicyclic) bond motifs is 1. The van der Waals surface area contributed by atoms with E-state index in [4.69, 9.17) is 4.74 Å². The molecule has 1 heterocycles. The molecule has 0 aromatic rings. The number of alkyl carbamates (subject to hydrolysis) is 1. The molecule has 6 amide bonds. The zero-order valence-electron chi connectivity index (χ0n) is 32.2. The smallest absolute Gasteiger partial charge is 0.407 e. The van der Waals surface area contributed by atoms with Crippen molar-refractivity contribution in [3.63, 3.8) is 0 Å². The molecular formula is C38H64N6O7. The lowest BCUT2D eigenvalue weighted by Gasteiger charge is -2.43. The van der Waals surface area contributed by atoms with E-state index in [1.807, 2.05) is 41.5 Å². The van der Waals surface area contributed by atoms with Gasteiger partial charge in [0.2, 0.25) is 17.6 Å². The maximum absolute atomic E-state index is 14.8. The number of carbonyl (C=O) groups excluding carboxylic acids is 6. The number of ether oxygens (including phenoxy) is 1. The molecule has 51 heavy (non-hydrogen) atoms. The SMILES string of the molecule is CCCNC(=O)C(=O)C(CCC)NC(=O)[C@@H]1[C@@H]2[C@H](CN1C(=O)C(NC(=O)N[C@H](COC(=O)NCC1CC1)C(C)(C)C)C1(C)CCCCC1)C2(C)C. The third-order valence-electron chi connectivity index (χ3n) is 11.9. The summed E-state index contributed by atoms with van der Waals surface area (Å²) in [5.41, 5.74) is -1.20. The lowest BCUT2D eigenvalue weighted by Crippen LogP contribution is -2.63. The monoisotopic (exact) mass is 716 g/mol. The Morgan fingerprint density at radius 3 is 2.14 bits per heavy atom. The average molecular weight is 717 g/mol. The minimum Gasteiger partial charge on any atom is -0.447 e. The van der Waals surface area contributed by atoms with Gasteiger partial charge in [-0.25, -0.2) is 9.59 Å². The molecule has 1 aliphatic heterocycles. The normalized spacial score (nSPS) is 24.9. The second kappa shape index (κ2) is 16.5. The van der Waals surface area contributed by atoms with Gasteiger partial charge in [-0.05, 0) is 72.5 Å². The maximum Gasteiger partial charge on any atom is 0.407 e. The number of carbonyl (C=O) groups is 6. The molecule has 1 saturated heterocycles. The van der Waals surface area contributed by atoms with Gasteiger partial charge in [0.1, 0.15) is 18.7 Å². The number of nitrogens with zero attached hydrogens (tertiary/aromatic N) is 1. The van der Waals surface area contributed by atoms with Crippen molar-refractivity contribution in [1.82, 2.24) is 31.5 Å². The second-order valence-electron chi connectivity index (χ2n) is 17.5. The van der Waals surface area contributed by atoms with Crippen molar-refractivity contribution < 1.29 is 33.5 Å². The molecule has 2 unspecified atom stereocenters. The lowest BCUT2D eigenvalue weighted by atomic mass is 9.70. The maximum atomic E-state index is 14.8. The quantitative estimate of drug-likeness (QED) is 0.150. The predicted molar refractivity (Wildman–Crippen MR) is 193 cm³/mol. The van der Waals surface area contributed by atoms with Crippen LogP contribution in [0.3, 0.4) is 0 Å². The highest BCUT2D eigenvalue weighted by atomic mass is 16.5. The van der Waals surface area contributed by atoms with Gasteiger partial charge in [0.15, 0.2) is 0 Å². The van der Waals surface area contributed by atoms with Crippen LogP contribution >= 0.6 is 0 Å². The first-order chi connectivity index (χ1) is 23.9. The van der Waals surface area contributed by atoms with Crippen LogP contribution in [-0.4, -0.2) is 90.9 Å². The molecule has 4 fully saturated rings. The molecule has 13 heteroatoms. The number of amides is 6. The molecule has 5 N–H and O–H groups in total. The Kier molecular flexibility index (Phi) is 13.1. The van der Waals surface area contributed by atoms with Gasteiger partial charge in [0.05, 0.1) is 12.1 Å². The van der Waals surface area contributed by atoms with Crippen LogP contribution in [0.2, 0.25) is 0 Å². The summed E-state index contributed by atoms with van der Waals surface area (Å²) in [5, 5.41) is 14.3. The number of Topliss-reactive ketones (excluding diaryl/α,β-unsaturated/α-hetero) is 1. The number of hydrogen-bond acceptors (Lipinski definition) is 7. The largest absolute Gasteiger partial charge is 0.447 e. The Morgan fingerprint density at radius 2 is 1.55 bits per heavy atom. The molecule has 288 valence electrons. The van der Waals surface area contributed by atoms with Gasteiger partial charge in [0, 0.05) is 19.6 Å². The van der Waals surface area contributed by atoms with E-state index in [1.165, 1.54) is 0 Å². The number of piperidine rings is 1. The molecule has 0 aromatic carbocycles. The van der Waals surface area contributed by atoms with Crippen LogP contribution in [0.4, 0.5) is 9.59 Å². The summed E-state index contributed by atoms with van der Waals surface area (Å²) in [4.78, 5) is 82.4. The van der Waals surface area contributed by atoms with Crippen molar-refractivity contribution >= 4 is 35.6 Å². The van der Waals surface area contributed by atoms with Crippen molar-refractivity contribution in [2.24, 2.45) is 34.0 Å². The van der Waals surface area contributed by atoms with Crippen LogP contribution in [0.15, 0.2) is 0 Å². The molecule has 13 nitrogen and oxygen atoms in total. The van der Waals surface area contributed by atoms with Crippen LogP contribution in [0.25, 0.3) is 0 Å². The third kappa shape index (κ3) is 9.94. The summed E-state index contributed by atoms with van der Waals surface area (Å²) in [6.45, 7) is 17.1. The lowest BCUT2D eigenvalue weighted by molar-refractivity contribution is -0.146. The number of hydrogen-bond donors (Lipinski definition) is 5. The number of likely N-dealkylation sites (tertiary alicyclic amines) is 1. The van der Waals surface area contributed by atoms with E-state index in [0.29, 0.717) is 44.8 Å². The van der Waals surface area contributed by atoms with Crippen LogP contribution in [0.1, 0.15) is 120 Å². The molecular weight excluding hydrogens is 652 g/mol. The van der Waals surface area contributed by atoms with Crippen molar-refractivity contribution in [1.29, 1.82) is 0 Å². The summed E-state index contributed by atoms with van der Waals surface area (Å²) in [7, 11) is 0. The van der Waals surface area contributed by atoms with E-state index in [2.05, 4.69) is 40.4 Å². The first kappa shape index (κ1) is 40.4. The first-order valence-electron chi connectivity index (χ1n) is 19.3. The molecule has 3 aliphatic carbocycles. The van der Waals surface area contributed by atoms with Crippen molar-refractivity contribution in [2.75, 3.05) is 26.2 Å². The summed E-state index contributed by atoms with van der Waals surface area (Å²) >= 11 is 0. The number of urea groups is 1. The van der Waals surface area contributed by atoms with E-state index in [-0.39, 0.29) is 29.8 Å². The fourth-order valence-corrected chi connectivity index (χ4v) is 8.06. The van der Waals surface area contributed by atoms with Crippen molar-refractivity contribution in [2.45, 2.75) is 144 Å². The van der Waals surface area contributed by atoms with Crippen LogP contribution in [-0.2, 0) is 23.9 Å². The average Bonchev–Trinajstić information content (AvgIpc) is 3.94. The van der Waals surface area contributed by atoms with E-state index in [1.54, 1.807) is 4.90 Å². The van der Waals surface area contributed by atoms with Gasteiger partial charge in [0.25, 0.3) is 5.91 Å². The Bertz CT molecular complexity index is 1300. The van der Waals surface area contributed by atoms with Gasteiger partial charge in [-0.15, -0.1) is 0 Å². The minimum atomic E-state index is -1.000. The minimum absolute atomic E-state index is 0.0375. The van der Waals surface area contributed by atoms with Crippen LogP contribution < -0.4 is 26.6 Å². The molecule has 6 atom stereocenters. The first-order valence-corrected chi connectivity index (χ1v) is 19.3. The van der Waals surface area contributed by atoms with Gasteiger partial charge >= 0.3 is 12.1 Å². The molecule has 0 bridgehead atoms. The number of nitrogens with one attached hydrogen (secondary N) is 5. The standard InChI is InChI=1S/C38H64N6O7/c1-9-14-25(29(45)32(47)39-19-10-2)41-31(46)28-27-24(37(27,6)7)21-44(28)33(48)30(38(8)17-12-11-13-18-38)43-34(49)42-26(36(3,4)5)22-51-35(50)40-20-23-15-16-23/h23-28,30H,9-22H2,1-8H3,(H,39,47)(H,40,50)(H,41,46)(H2,42,43,49)/t24-,25?,26+,27-,28-,30?/m0/s1. The molecule has 0 aromatic heterocycles. The van der Waals surface area contributed by atoms with E-state index in [9.17, 15) is 28.8 Å². The molecule has 3 saturated carbocycles. The summed E-state index contributed by atoms with van der Waals surface area (Å²) in [6.07, 6.45) is 7.58. The Morgan fingerprint density at radius 1 is 0.882 bits per heavy atom. The second-order valence-corrected chi connectivity index (χ2v) is 17.5. The number of rotatable bonds is 16. The highest BCUT2D eigenvalue weighted by Crippen LogP contribution is 2.65. The summed E-state index contributed by atoms with van der Waals surface area (Å²) in [6, 6.07) is -3.84. The molecule has 0 spiro atoms. The van der Waals surface area contributed by atoms with Gasteiger partial charge in [-0.2, -0.15) is 0 Å². The highest BCUT2D eigenvalue weighted by Gasteiger charge is 2.70. The number of ketones is 1. The summed E-state index contributed by atoms with van der Waals surface area (Å²) < 4.78 is 5.49. The molecule has 4 aliphatic rings. The van der Waals surface area contributed by atoms with E-state index < -0.39 is 64.7 Å². The Hall–Kier alpha value is -3.38. The highest BCUT2D eigenvalue weighted by molar-refractivity contribution is 6.38.